The average Bonchev–Trinajstić information content (AvgIpc) is 2.28. The van der Waals surface area contributed by atoms with E-state index in [9.17, 15) is 0 Å². The van der Waals surface area contributed by atoms with Crippen LogP contribution in [0.4, 0.5) is 0 Å². The summed E-state index contributed by atoms with van der Waals surface area (Å²) in [6.45, 7) is -0.136. The van der Waals surface area contributed by atoms with E-state index >= 15 is 0 Å². The molecule has 0 bridgehead atoms. The second-order valence-electron chi connectivity index (χ2n) is 3.48. The van der Waals surface area contributed by atoms with Crippen molar-refractivity contribution in [3.63, 3.8) is 0 Å². The highest BCUT2D eigenvalue weighted by Crippen LogP contribution is 2.28. The molecule has 1 N–H and O–H groups in total. The van der Waals surface area contributed by atoms with Gasteiger partial charge in [0, 0.05) is 21.8 Å². The number of aliphatic hydroxyl groups is 1. The maximum absolute atomic E-state index is 9.13. The molecule has 0 radical (unpaired) electrons. The number of pyridine rings is 1. The molecule has 2 rings (SSSR count). The van der Waals surface area contributed by atoms with Crippen LogP contribution in [0.2, 0.25) is 15.1 Å². The molecular weight excluding hydrogens is 280 g/mol. The van der Waals surface area contributed by atoms with E-state index in [1.807, 2.05) is 0 Å². The lowest BCUT2D eigenvalue weighted by molar-refractivity contribution is 0.282. The highest BCUT2D eigenvalue weighted by Gasteiger charge is 2.06. The molecule has 0 aliphatic carbocycles. The Hall–Kier alpha value is -0.800. The Morgan fingerprint density at radius 2 is 1.65 bits per heavy atom. The first kappa shape index (κ1) is 12.7. The van der Waals surface area contributed by atoms with Gasteiger partial charge in [-0.1, -0.05) is 34.8 Å². The summed E-state index contributed by atoms with van der Waals surface area (Å²) in [6, 6.07) is 6.87. The Kier molecular flexibility index (Phi) is 3.89. The van der Waals surface area contributed by atoms with Gasteiger partial charge in [0.2, 0.25) is 0 Å². The van der Waals surface area contributed by atoms with E-state index in [-0.39, 0.29) is 6.61 Å². The molecule has 1 heterocycles. The monoisotopic (exact) mass is 287 g/mol. The Bertz CT molecular complexity index is 537. The van der Waals surface area contributed by atoms with Crippen molar-refractivity contribution in [2.45, 2.75) is 6.61 Å². The number of rotatable bonds is 2. The highest BCUT2D eigenvalue weighted by atomic mass is 35.5. The van der Waals surface area contributed by atoms with Crippen molar-refractivity contribution in [2.24, 2.45) is 0 Å². The molecule has 0 aliphatic rings. The number of hydrogen-bond donors (Lipinski definition) is 1. The van der Waals surface area contributed by atoms with Gasteiger partial charge in [-0.25, -0.2) is 0 Å². The fraction of sp³-hybridized carbons (Fsp3) is 0.0833. The fourth-order valence-corrected chi connectivity index (χ4v) is 2.15. The summed E-state index contributed by atoms with van der Waals surface area (Å²) in [4.78, 5) is 4.18. The number of aliphatic hydroxyl groups excluding tert-OH is 1. The molecule has 1 aromatic heterocycles. The second kappa shape index (κ2) is 5.23. The molecule has 17 heavy (non-hydrogen) atoms. The van der Waals surface area contributed by atoms with Gasteiger partial charge >= 0.3 is 0 Å². The van der Waals surface area contributed by atoms with Crippen molar-refractivity contribution < 1.29 is 5.11 Å². The van der Waals surface area contributed by atoms with E-state index in [1.54, 1.807) is 24.3 Å². The number of halogens is 3. The molecule has 0 saturated carbocycles. The Morgan fingerprint density at radius 3 is 2.24 bits per heavy atom. The average molecular weight is 289 g/mol. The zero-order valence-corrected chi connectivity index (χ0v) is 10.9. The van der Waals surface area contributed by atoms with Crippen LogP contribution < -0.4 is 0 Å². The van der Waals surface area contributed by atoms with Crippen LogP contribution in [0.15, 0.2) is 30.5 Å². The van der Waals surface area contributed by atoms with Crippen LogP contribution in [0.25, 0.3) is 11.3 Å². The minimum Gasteiger partial charge on any atom is -0.392 e. The molecule has 88 valence electrons. The second-order valence-corrected chi connectivity index (χ2v) is 4.76. The van der Waals surface area contributed by atoms with E-state index < -0.39 is 0 Å². The first-order valence-electron chi connectivity index (χ1n) is 4.82. The van der Waals surface area contributed by atoms with Gasteiger partial charge in [0.05, 0.1) is 17.3 Å². The van der Waals surface area contributed by atoms with Crippen LogP contribution in [-0.2, 0) is 6.61 Å². The molecule has 5 heteroatoms. The topological polar surface area (TPSA) is 33.1 Å². The van der Waals surface area contributed by atoms with E-state index in [0.717, 1.165) is 5.56 Å². The molecule has 0 amide bonds. The van der Waals surface area contributed by atoms with Gasteiger partial charge in [0.15, 0.2) is 0 Å². The Labute approximate surface area is 114 Å². The number of hydrogen-bond acceptors (Lipinski definition) is 2. The number of nitrogens with zero attached hydrogens (tertiary/aromatic N) is 1. The van der Waals surface area contributed by atoms with Gasteiger partial charge in [-0.15, -0.1) is 0 Å². The summed E-state index contributed by atoms with van der Waals surface area (Å²) in [7, 11) is 0. The summed E-state index contributed by atoms with van der Waals surface area (Å²) in [5, 5.41) is 10.6. The minimum atomic E-state index is -0.136. The maximum atomic E-state index is 9.13. The van der Waals surface area contributed by atoms with Crippen molar-refractivity contribution in [1.82, 2.24) is 4.98 Å². The van der Waals surface area contributed by atoms with Crippen molar-refractivity contribution in [3.8, 4) is 11.3 Å². The fourth-order valence-electron chi connectivity index (χ4n) is 1.46. The molecule has 1 aromatic carbocycles. The zero-order chi connectivity index (χ0) is 12.4. The molecule has 0 aliphatic heterocycles. The third-order valence-electron chi connectivity index (χ3n) is 2.26. The Balaban J connectivity index is 2.52. The van der Waals surface area contributed by atoms with Crippen LogP contribution in [0.3, 0.4) is 0 Å². The quantitative estimate of drug-likeness (QED) is 0.898. The Morgan fingerprint density at radius 1 is 1.00 bits per heavy atom. The highest BCUT2D eigenvalue weighted by molar-refractivity contribution is 6.35. The lowest BCUT2D eigenvalue weighted by Gasteiger charge is -2.06. The van der Waals surface area contributed by atoms with E-state index in [0.29, 0.717) is 26.3 Å². The maximum Gasteiger partial charge on any atom is 0.0707 e. The van der Waals surface area contributed by atoms with Gasteiger partial charge in [0.1, 0.15) is 0 Å². The van der Waals surface area contributed by atoms with Crippen LogP contribution in [-0.4, -0.2) is 10.1 Å². The smallest absolute Gasteiger partial charge is 0.0707 e. The van der Waals surface area contributed by atoms with Crippen LogP contribution in [0.5, 0.6) is 0 Å². The number of benzene rings is 1. The molecule has 2 aromatic rings. The largest absolute Gasteiger partial charge is 0.392 e. The first-order chi connectivity index (χ1) is 8.10. The molecule has 0 fully saturated rings. The molecular formula is C12H8Cl3NO. The van der Waals surface area contributed by atoms with Gasteiger partial charge in [-0.2, -0.15) is 0 Å². The van der Waals surface area contributed by atoms with Gasteiger partial charge in [-0.05, 0) is 29.8 Å². The summed E-state index contributed by atoms with van der Waals surface area (Å²) in [5.41, 5.74) is 2.07. The van der Waals surface area contributed by atoms with Gasteiger partial charge in [0.25, 0.3) is 0 Å². The SMILES string of the molecule is OCc1cc(-c2cc(Cl)cc(Cl)c2)ncc1Cl. The molecule has 0 spiro atoms. The summed E-state index contributed by atoms with van der Waals surface area (Å²) in [6.07, 6.45) is 1.50. The number of aromatic nitrogens is 1. The van der Waals surface area contributed by atoms with Crippen molar-refractivity contribution >= 4 is 34.8 Å². The van der Waals surface area contributed by atoms with Crippen LogP contribution >= 0.6 is 34.8 Å². The first-order valence-corrected chi connectivity index (χ1v) is 5.95. The van der Waals surface area contributed by atoms with Crippen LogP contribution in [0.1, 0.15) is 5.56 Å². The van der Waals surface area contributed by atoms with E-state index in [1.165, 1.54) is 6.20 Å². The standard InChI is InChI=1S/C12H8Cl3NO/c13-9-1-7(2-10(14)4-9)12-3-8(6-17)11(15)5-16-12/h1-5,17H,6H2. The normalized spacial score (nSPS) is 10.6. The minimum absolute atomic E-state index is 0.136. The van der Waals surface area contributed by atoms with Crippen molar-refractivity contribution in [3.05, 3.63) is 51.1 Å². The van der Waals surface area contributed by atoms with Gasteiger partial charge < -0.3 is 5.11 Å². The van der Waals surface area contributed by atoms with Crippen molar-refractivity contribution in [2.75, 3.05) is 0 Å². The third kappa shape index (κ3) is 2.90. The van der Waals surface area contributed by atoms with Gasteiger partial charge in [-0.3, -0.25) is 4.98 Å². The summed E-state index contributed by atoms with van der Waals surface area (Å²) >= 11 is 17.7. The predicted octanol–water partition coefficient (Wildman–Crippen LogP) is 4.20. The van der Waals surface area contributed by atoms with Crippen LogP contribution in [0, 0.1) is 0 Å². The summed E-state index contributed by atoms with van der Waals surface area (Å²) in [5.74, 6) is 0. The van der Waals surface area contributed by atoms with E-state index in [2.05, 4.69) is 4.98 Å². The van der Waals surface area contributed by atoms with Crippen molar-refractivity contribution in [1.29, 1.82) is 0 Å². The third-order valence-corrected chi connectivity index (χ3v) is 3.04. The lowest BCUT2D eigenvalue weighted by Crippen LogP contribution is -1.90. The molecule has 0 atom stereocenters. The summed E-state index contributed by atoms with van der Waals surface area (Å²) < 4.78 is 0. The zero-order valence-electron chi connectivity index (χ0n) is 8.62. The lowest BCUT2D eigenvalue weighted by atomic mass is 10.1. The predicted molar refractivity (Wildman–Crippen MR) is 70.6 cm³/mol. The molecule has 2 nitrogen and oxygen atoms in total. The van der Waals surface area contributed by atoms with E-state index in [4.69, 9.17) is 39.9 Å². The molecule has 0 unspecified atom stereocenters. The molecule has 0 saturated heterocycles.